The number of fused-ring (bicyclic) bond motifs is 1. The summed E-state index contributed by atoms with van der Waals surface area (Å²) in [6, 6.07) is 13.6. The van der Waals surface area contributed by atoms with Gasteiger partial charge in [0.1, 0.15) is 11.6 Å². The molecular formula is C26H31FO. The zero-order valence-corrected chi connectivity index (χ0v) is 17.0. The molecule has 148 valence electrons. The Hall–Kier alpha value is -2.09. The number of halogens is 1. The Bertz CT molecular complexity index is 823. The highest BCUT2D eigenvalue weighted by Gasteiger charge is 2.36. The second-order valence-corrected chi connectivity index (χ2v) is 8.59. The van der Waals surface area contributed by atoms with Crippen LogP contribution in [0.3, 0.4) is 0 Å². The van der Waals surface area contributed by atoms with Gasteiger partial charge in [0.25, 0.3) is 0 Å². The average molecular weight is 379 g/mol. The molecule has 2 aromatic rings. The summed E-state index contributed by atoms with van der Waals surface area (Å²) < 4.78 is 20.2. The predicted octanol–water partition coefficient (Wildman–Crippen LogP) is 7.38. The van der Waals surface area contributed by atoms with E-state index < -0.39 is 0 Å². The third-order valence-electron chi connectivity index (χ3n) is 6.98. The van der Waals surface area contributed by atoms with Gasteiger partial charge in [0.2, 0.25) is 0 Å². The van der Waals surface area contributed by atoms with Gasteiger partial charge in [-0.1, -0.05) is 36.4 Å². The Morgan fingerprint density at radius 2 is 1.61 bits per heavy atom. The number of rotatable bonds is 4. The molecule has 4 unspecified atom stereocenters. The van der Waals surface area contributed by atoms with E-state index in [1.54, 1.807) is 13.2 Å². The van der Waals surface area contributed by atoms with Crippen LogP contribution in [0.5, 0.6) is 5.75 Å². The highest BCUT2D eigenvalue weighted by atomic mass is 19.1. The summed E-state index contributed by atoms with van der Waals surface area (Å²) in [5.74, 6) is 3.54. The van der Waals surface area contributed by atoms with Crippen LogP contribution in [0.15, 0.2) is 54.6 Å². The largest absolute Gasteiger partial charge is 0.497 e. The van der Waals surface area contributed by atoms with Crippen molar-refractivity contribution in [3.05, 3.63) is 66.0 Å². The fourth-order valence-corrected chi connectivity index (χ4v) is 5.48. The maximum Gasteiger partial charge on any atom is 0.127 e. The van der Waals surface area contributed by atoms with Gasteiger partial charge in [-0.25, -0.2) is 4.39 Å². The minimum Gasteiger partial charge on any atom is -0.497 e. The second-order valence-electron chi connectivity index (χ2n) is 8.59. The van der Waals surface area contributed by atoms with Crippen molar-refractivity contribution in [2.45, 2.75) is 51.4 Å². The van der Waals surface area contributed by atoms with Gasteiger partial charge in [0.05, 0.1) is 7.11 Å². The quantitative estimate of drug-likeness (QED) is 0.504. The zero-order valence-electron chi connectivity index (χ0n) is 17.0. The molecule has 0 saturated heterocycles. The molecule has 0 N–H and O–H groups in total. The molecule has 0 heterocycles. The molecule has 2 fully saturated rings. The predicted molar refractivity (Wildman–Crippen MR) is 114 cm³/mol. The van der Waals surface area contributed by atoms with E-state index in [-0.39, 0.29) is 5.82 Å². The maximum atomic E-state index is 15.0. The lowest BCUT2D eigenvalue weighted by atomic mass is 9.64. The number of hydrogen-bond acceptors (Lipinski definition) is 1. The van der Waals surface area contributed by atoms with Crippen molar-refractivity contribution in [3.63, 3.8) is 0 Å². The number of benzene rings is 2. The van der Waals surface area contributed by atoms with Crippen LogP contribution in [-0.2, 0) is 0 Å². The summed E-state index contributed by atoms with van der Waals surface area (Å²) >= 11 is 0. The number of allylic oxidation sites excluding steroid dienone is 2. The number of hydrogen-bond donors (Lipinski definition) is 0. The molecule has 2 aliphatic carbocycles. The molecular weight excluding hydrogens is 347 g/mol. The summed E-state index contributed by atoms with van der Waals surface area (Å²) in [6.45, 7) is 2.13. The molecule has 1 nitrogen and oxygen atoms in total. The van der Waals surface area contributed by atoms with Crippen LogP contribution in [0.1, 0.15) is 56.9 Å². The van der Waals surface area contributed by atoms with Crippen molar-refractivity contribution in [3.8, 4) is 16.9 Å². The molecule has 0 aromatic heterocycles. The molecule has 28 heavy (non-hydrogen) atoms. The molecule has 2 aliphatic rings. The Morgan fingerprint density at radius 1 is 0.893 bits per heavy atom. The number of ether oxygens (including phenoxy) is 1. The summed E-state index contributed by atoms with van der Waals surface area (Å²) in [5.41, 5.74) is 2.88. The Kier molecular flexibility index (Phi) is 5.85. The fourth-order valence-electron chi connectivity index (χ4n) is 5.48. The van der Waals surface area contributed by atoms with E-state index in [1.165, 1.54) is 25.7 Å². The van der Waals surface area contributed by atoms with E-state index in [0.717, 1.165) is 53.0 Å². The van der Waals surface area contributed by atoms with Crippen LogP contribution in [0, 0.1) is 23.6 Å². The molecule has 0 spiro atoms. The Morgan fingerprint density at radius 3 is 2.32 bits per heavy atom. The van der Waals surface area contributed by atoms with Gasteiger partial charge in [0.15, 0.2) is 0 Å². The van der Waals surface area contributed by atoms with Crippen molar-refractivity contribution in [1.29, 1.82) is 0 Å². The minimum atomic E-state index is -0.0422. The SMILES string of the molecule is C/C=C/C1CCC2CC(c3ccc(-c4ccc(OC)cc4)cc3F)CCC2C1. The molecule has 0 radical (unpaired) electrons. The van der Waals surface area contributed by atoms with Crippen LogP contribution in [0.4, 0.5) is 4.39 Å². The maximum absolute atomic E-state index is 15.0. The summed E-state index contributed by atoms with van der Waals surface area (Å²) in [7, 11) is 1.66. The lowest BCUT2D eigenvalue weighted by Crippen LogP contribution is -2.30. The average Bonchev–Trinajstić information content (AvgIpc) is 2.73. The van der Waals surface area contributed by atoms with E-state index >= 15 is 4.39 Å². The molecule has 4 atom stereocenters. The zero-order chi connectivity index (χ0) is 19.5. The molecule has 2 aromatic carbocycles. The first-order chi connectivity index (χ1) is 13.7. The molecule has 2 heteroatoms. The van der Waals surface area contributed by atoms with Crippen LogP contribution in [0.25, 0.3) is 11.1 Å². The van der Waals surface area contributed by atoms with Gasteiger partial charge in [-0.2, -0.15) is 0 Å². The van der Waals surface area contributed by atoms with E-state index in [4.69, 9.17) is 4.74 Å². The molecule has 0 aliphatic heterocycles. The van der Waals surface area contributed by atoms with E-state index in [9.17, 15) is 0 Å². The van der Waals surface area contributed by atoms with Gasteiger partial charge in [-0.15, -0.1) is 0 Å². The van der Waals surface area contributed by atoms with E-state index in [2.05, 4.69) is 25.1 Å². The number of methoxy groups -OCH3 is 1. The van der Waals surface area contributed by atoms with Crippen molar-refractivity contribution < 1.29 is 9.13 Å². The van der Waals surface area contributed by atoms with Crippen LogP contribution in [-0.4, -0.2) is 7.11 Å². The van der Waals surface area contributed by atoms with Gasteiger partial charge < -0.3 is 4.74 Å². The lowest BCUT2D eigenvalue weighted by molar-refractivity contribution is 0.132. The topological polar surface area (TPSA) is 9.23 Å². The van der Waals surface area contributed by atoms with Crippen LogP contribution in [0.2, 0.25) is 0 Å². The fraction of sp³-hybridized carbons (Fsp3) is 0.462. The van der Waals surface area contributed by atoms with Gasteiger partial charge in [-0.05, 0) is 104 Å². The summed E-state index contributed by atoms with van der Waals surface area (Å²) in [5, 5.41) is 0. The van der Waals surface area contributed by atoms with Crippen molar-refractivity contribution in [1.82, 2.24) is 0 Å². The molecule has 0 bridgehead atoms. The third kappa shape index (κ3) is 4.01. The molecule has 0 amide bonds. The van der Waals surface area contributed by atoms with Crippen molar-refractivity contribution in [2.24, 2.45) is 17.8 Å². The lowest BCUT2D eigenvalue weighted by Gasteiger charge is -2.42. The van der Waals surface area contributed by atoms with Crippen LogP contribution < -0.4 is 4.74 Å². The first kappa shape index (κ1) is 19.2. The van der Waals surface area contributed by atoms with Gasteiger partial charge in [0, 0.05) is 0 Å². The second kappa shape index (κ2) is 8.51. The minimum absolute atomic E-state index is 0.0422. The van der Waals surface area contributed by atoms with E-state index in [1.807, 2.05) is 30.3 Å². The first-order valence-electron chi connectivity index (χ1n) is 10.7. The molecule has 4 rings (SSSR count). The van der Waals surface area contributed by atoms with E-state index in [0.29, 0.717) is 5.92 Å². The summed E-state index contributed by atoms with van der Waals surface area (Å²) in [4.78, 5) is 0. The molecule has 2 saturated carbocycles. The third-order valence-corrected chi connectivity index (χ3v) is 6.98. The van der Waals surface area contributed by atoms with Crippen molar-refractivity contribution >= 4 is 0 Å². The monoisotopic (exact) mass is 378 g/mol. The highest BCUT2D eigenvalue weighted by Crippen LogP contribution is 2.48. The van der Waals surface area contributed by atoms with Gasteiger partial charge >= 0.3 is 0 Å². The summed E-state index contributed by atoms with van der Waals surface area (Å²) in [6.07, 6.45) is 12.1. The first-order valence-corrected chi connectivity index (χ1v) is 10.7. The Labute approximate surface area is 168 Å². The Balaban J connectivity index is 1.46. The smallest absolute Gasteiger partial charge is 0.127 e. The highest BCUT2D eigenvalue weighted by molar-refractivity contribution is 5.64. The normalized spacial score (nSPS) is 27.5. The van der Waals surface area contributed by atoms with Crippen LogP contribution >= 0.6 is 0 Å². The van der Waals surface area contributed by atoms with Gasteiger partial charge in [-0.3, -0.25) is 0 Å². The standard InChI is InChI=1S/C26H31FO/c1-3-4-18-5-6-21-16-23(8-7-20(21)15-18)25-14-11-22(17-26(25)27)19-9-12-24(28-2)13-10-19/h3-4,9-14,17-18,20-21,23H,5-8,15-16H2,1-2H3/b4-3+. The van der Waals surface area contributed by atoms with Crippen molar-refractivity contribution in [2.75, 3.05) is 7.11 Å².